The molecule has 3 rings (SSSR count). The number of rotatable bonds is 5. The minimum atomic E-state index is 0.0773. The molecule has 0 bridgehead atoms. The van der Waals surface area contributed by atoms with Gasteiger partial charge in [-0.05, 0) is 30.3 Å². The molecule has 1 N–H and O–H groups in total. The molecule has 24 heavy (non-hydrogen) atoms. The van der Waals surface area contributed by atoms with Gasteiger partial charge in [-0.25, -0.2) is 4.68 Å². The van der Waals surface area contributed by atoms with Crippen molar-refractivity contribution in [1.82, 2.24) is 15.0 Å². The highest BCUT2D eigenvalue weighted by Crippen LogP contribution is 2.32. The number of phenols is 1. The van der Waals surface area contributed by atoms with E-state index in [4.69, 9.17) is 14.2 Å². The highest BCUT2D eigenvalue weighted by Gasteiger charge is 2.11. The quantitative estimate of drug-likeness (QED) is 0.776. The average Bonchev–Trinajstić information content (AvgIpc) is 3.11. The van der Waals surface area contributed by atoms with E-state index in [0.29, 0.717) is 22.9 Å². The Labute approximate surface area is 139 Å². The maximum atomic E-state index is 9.68. The van der Waals surface area contributed by atoms with Gasteiger partial charge in [0.2, 0.25) is 0 Å². The number of aromatic hydroxyl groups is 1. The third-order valence-corrected chi connectivity index (χ3v) is 3.60. The third kappa shape index (κ3) is 2.83. The van der Waals surface area contributed by atoms with Crippen molar-refractivity contribution in [2.24, 2.45) is 0 Å². The monoisotopic (exact) mass is 327 g/mol. The number of ether oxygens (including phenoxy) is 3. The number of aromatic nitrogens is 3. The number of benzene rings is 2. The summed E-state index contributed by atoms with van der Waals surface area (Å²) in [4.78, 5) is 0. The molecular formula is C17H17N3O4. The van der Waals surface area contributed by atoms with Crippen molar-refractivity contribution in [1.29, 1.82) is 0 Å². The van der Waals surface area contributed by atoms with Gasteiger partial charge in [0.25, 0.3) is 0 Å². The first kappa shape index (κ1) is 15.7. The van der Waals surface area contributed by atoms with Gasteiger partial charge in [0, 0.05) is 11.6 Å². The van der Waals surface area contributed by atoms with Crippen LogP contribution in [0.3, 0.4) is 0 Å². The normalized spacial score (nSPS) is 10.5. The fraction of sp³-hybridized carbons (Fsp3) is 0.176. The van der Waals surface area contributed by atoms with Crippen LogP contribution >= 0.6 is 0 Å². The van der Waals surface area contributed by atoms with Crippen molar-refractivity contribution in [3.63, 3.8) is 0 Å². The van der Waals surface area contributed by atoms with Crippen LogP contribution in [-0.4, -0.2) is 41.4 Å². The topological polar surface area (TPSA) is 78.6 Å². The van der Waals surface area contributed by atoms with E-state index in [-0.39, 0.29) is 5.75 Å². The molecule has 0 saturated carbocycles. The Kier molecular flexibility index (Phi) is 4.24. The molecular weight excluding hydrogens is 310 g/mol. The number of hydrogen-bond donors (Lipinski definition) is 1. The van der Waals surface area contributed by atoms with Crippen LogP contribution in [0.4, 0.5) is 0 Å². The van der Waals surface area contributed by atoms with Crippen molar-refractivity contribution >= 4 is 0 Å². The molecule has 0 atom stereocenters. The molecule has 1 aromatic heterocycles. The van der Waals surface area contributed by atoms with Crippen molar-refractivity contribution in [2.45, 2.75) is 0 Å². The molecule has 0 unspecified atom stereocenters. The van der Waals surface area contributed by atoms with Crippen LogP contribution in [0, 0.1) is 0 Å². The van der Waals surface area contributed by atoms with Crippen LogP contribution in [0.25, 0.3) is 16.9 Å². The van der Waals surface area contributed by atoms with E-state index >= 15 is 0 Å². The van der Waals surface area contributed by atoms with Gasteiger partial charge in [0.05, 0.1) is 33.2 Å². The molecule has 0 saturated heterocycles. The van der Waals surface area contributed by atoms with E-state index in [2.05, 4.69) is 10.3 Å². The molecule has 0 radical (unpaired) electrons. The smallest absolute Gasteiger partial charge is 0.162 e. The lowest BCUT2D eigenvalue weighted by Crippen LogP contribution is -1.97. The zero-order chi connectivity index (χ0) is 17.1. The Morgan fingerprint density at radius 3 is 2.33 bits per heavy atom. The van der Waals surface area contributed by atoms with Crippen molar-refractivity contribution in [2.75, 3.05) is 21.3 Å². The molecule has 0 fully saturated rings. The van der Waals surface area contributed by atoms with Gasteiger partial charge >= 0.3 is 0 Å². The molecule has 0 amide bonds. The fourth-order valence-electron chi connectivity index (χ4n) is 2.33. The van der Waals surface area contributed by atoms with Gasteiger partial charge in [-0.15, -0.1) is 5.10 Å². The summed E-state index contributed by atoms with van der Waals surface area (Å²) in [5.74, 6) is 1.71. The van der Waals surface area contributed by atoms with Crippen LogP contribution in [0.1, 0.15) is 0 Å². The summed E-state index contributed by atoms with van der Waals surface area (Å²) < 4.78 is 17.3. The Hall–Kier alpha value is -3.22. The van der Waals surface area contributed by atoms with Gasteiger partial charge in [0.1, 0.15) is 5.69 Å². The van der Waals surface area contributed by atoms with E-state index in [1.54, 1.807) is 49.4 Å². The van der Waals surface area contributed by atoms with Crippen LogP contribution in [0.5, 0.6) is 23.0 Å². The second-order valence-corrected chi connectivity index (χ2v) is 4.97. The SMILES string of the molecule is COc1cc(-c2cn(-c3ccc(OC)c(OC)c3)nn2)ccc1O. The van der Waals surface area contributed by atoms with Gasteiger partial charge < -0.3 is 19.3 Å². The molecule has 0 aliphatic heterocycles. The van der Waals surface area contributed by atoms with Gasteiger partial charge in [-0.3, -0.25) is 0 Å². The molecule has 0 aliphatic rings. The molecule has 124 valence electrons. The summed E-state index contributed by atoms with van der Waals surface area (Å²) in [7, 11) is 4.67. The second-order valence-electron chi connectivity index (χ2n) is 4.97. The zero-order valence-corrected chi connectivity index (χ0v) is 13.6. The number of phenolic OH excluding ortho intramolecular Hbond substituents is 1. The van der Waals surface area contributed by atoms with Gasteiger partial charge in [0.15, 0.2) is 23.0 Å². The molecule has 7 nitrogen and oxygen atoms in total. The van der Waals surface area contributed by atoms with E-state index < -0.39 is 0 Å². The van der Waals surface area contributed by atoms with E-state index in [0.717, 1.165) is 11.3 Å². The predicted molar refractivity (Wildman–Crippen MR) is 88.1 cm³/mol. The maximum Gasteiger partial charge on any atom is 0.162 e. The Balaban J connectivity index is 1.96. The lowest BCUT2D eigenvalue weighted by atomic mass is 10.1. The van der Waals surface area contributed by atoms with Crippen LogP contribution < -0.4 is 14.2 Å². The minimum Gasteiger partial charge on any atom is -0.504 e. The molecule has 1 heterocycles. The Morgan fingerprint density at radius 1 is 0.875 bits per heavy atom. The maximum absolute atomic E-state index is 9.68. The summed E-state index contributed by atoms with van der Waals surface area (Å²) in [6.45, 7) is 0. The largest absolute Gasteiger partial charge is 0.504 e. The van der Waals surface area contributed by atoms with Crippen LogP contribution in [-0.2, 0) is 0 Å². The number of hydrogen-bond acceptors (Lipinski definition) is 6. The first-order chi connectivity index (χ1) is 11.7. The van der Waals surface area contributed by atoms with Gasteiger partial charge in [-0.1, -0.05) is 5.21 Å². The summed E-state index contributed by atoms with van der Waals surface area (Å²) in [5.41, 5.74) is 2.23. The number of nitrogens with zero attached hydrogens (tertiary/aromatic N) is 3. The second kappa shape index (κ2) is 6.49. The van der Waals surface area contributed by atoms with E-state index in [9.17, 15) is 5.11 Å². The molecule has 2 aromatic carbocycles. The highest BCUT2D eigenvalue weighted by molar-refractivity contribution is 5.63. The summed E-state index contributed by atoms with van der Waals surface area (Å²) in [5, 5.41) is 18.0. The molecule has 0 aliphatic carbocycles. The summed E-state index contributed by atoms with van der Waals surface area (Å²) in [6.07, 6.45) is 1.78. The molecule has 0 spiro atoms. The minimum absolute atomic E-state index is 0.0773. The fourth-order valence-corrected chi connectivity index (χ4v) is 2.33. The van der Waals surface area contributed by atoms with Crippen molar-refractivity contribution in [3.8, 4) is 39.9 Å². The first-order valence-corrected chi connectivity index (χ1v) is 7.18. The van der Waals surface area contributed by atoms with Crippen molar-refractivity contribution in [3.05, 3.63) is 42.6 Å². The number of methoxy groups -OCH3 is 3. The van der Waals surface area contributed by atoms with E-state index in [1.807, 2.05) is 12.1 Å². The van der Waals surface area contributed by atoms with Gasteiger partial charge in [-0.2, -0.15) is 0 Å². The third-order valence-electron chi connectivity index (χ3n) is 3.60. The average molecular weight is 327 g/mol. The van der Waals surface area contributed by atoms with Crippen LogP contribution in [0.2, 0.25) is 0 Å². The molecule has 3 aromatic rings. The Bertz CT molecular complexity index is 861. The zero-order valence-electron chi connectivity index (χ0n) is 13.6. The molecule has 7 heteroatoms. The highest BCUT2D eigenvalue weighted by atomic mass is 16.5. The lowest BCUT2D eigenvalue weighted by molar-refractivity contribution is 0.354. The first-order valence-electron chi connectivity index (χ1n) is 7.18. The summed E-state index contributed by atoms with van der Waals surface area (Å²) in [6, 6.07) is 10.5. The summed E-state index contributed by atoms with van der Waals surface area (Å²) >= 11 is 0. The predicted octanol–water partition coefficient (Wildman–Crippen LogP) is 2.67. The standard InChI is InChI=1S/C17H17N3O4/c1-22-15-7-5-12(9-17(15)24-3)20-10-13(18-19-20)11-4-6-14(21)16(8-11)23-2/h4-10,21H,1-3H3. The van der Waals surface area contributed by atoms with Crippen LogP contribution in [0.15, 0.2) is 42.6 Å². The Morgan fingerprint density at radius 2 is 1.62 bits per heavy atom. The lowest BCUT2D eigenvalue weighted by Gasteiger charge is -2.09. The van der Waals surface area contributed by atoms with Crippen molar-refractivity contribution < 1.29 is 19.3 Å². The van der Waals surface area contributed by atoms with E-state index in [1.165, 1.54) is 7.11 Å².